The normalized spacial score (nSPS) is 19.6. The van der Waals surface area contributed by atoms with E-state index in [4.69, 9.17) is 10.2 Å². The topological polar surface area (TPSA) is 42.4 Å². The van der Waals surface area contributed by atoms with Crippen molar-refractivity contribution in [1.29, 1.82) is 0 Å². The van der Waals surface area contributed by atoms with Crippen LogP contribution in [0.4, 0.5) is 0 Å². The van der Waals surface area contributed by atoms with E-state index in [-0.39, 0.29) is 0 Å². The van der Waals surface area contributed by atoms with E-state index in [1.54, 1.807) is 0 Å². The number of nitrogens with two attached hydrogens (primary N) is 1. The van der Waals surface area contributed by atoms with Crippen molar-refractivity contribution in [3.63, 3.8) is 0 Å². The Balaban J connectivity index is 1.86. The van der Waals surface area contributed by atoms with E-state index in [0.29, 0.717) is 6.54 Å². The summed E-state index contributed by atoms with van der Waals surface area (Å²) in [6, 6.07) is 2.07. The van der Waals surface area contributed by atoms with E-state index in [2.05, 4.69) is 17.9 Å². The minimum atomic E-state index is 0.497. The number of nitrogens with zero attached hydrogens (tertiary/aromatic N) is 1. The lowest BCUT2D eigenvalue weighted by atomic mass is 9.99. The second-order valence-corrected chi connectivity index (χ2v) is 4.58. The molecule has 0 radical (unpaired) electrons. The fraction of sp³-hybridized carbons (Fsp3) is 0.667. The molecule has 2 heterocycles. The van der Waals surface area contributed by atoms with Crippen molar-refractivity contribution >= 4 is 0 Å². The van der Waals surface area contributed by atoms with Crippen molar-refractivity contribution in [2.24, 2.45) is 11.7 Å². The monoisotopic (exact) mass is 208 g/mol. The summed E-state index contributed by atoms with van der Waals surface area (Å²) in [6.07, 6.45) is 4.48. The fourth-order valence-electron chi connectivity index (χ4n) is 2.09. The van der Waals surface area contributed by atoms with Gasteiger partial charge in [-0.2, -0.15) is 0 Å². The molecule has 1 aliphatic heterocycles. The van der Waals surface area contributed by atoms with Gasteiger partial charge in [-0.05, 0) is 37.9 Å². The molecule has 0 unspecified atom stereocenters. The average molecular weight is 208 g/mol. The molecule has 0 saturated carbocycles. The molecule has 1 aromatic heterocycles. The molecule has 0 amide bonds. The van der Waals surface area contributed by atoms with Gasteiger partial charge < -0.3 is 10.2 Å². The van der Waals surface area contributed by atoms with Gasteiger partial charge in [0.1, 0.15) is 5.76 Å². The molecular weight excluding hydrogens is 188 g/mol. The van der Waals surface area contributed by atoms with Gasteiger partial charge in [-0.3, -0.25) is 4.90 Å². The van der Waals surface area contributed by atoms with E-state index in [1.165, 1.54) is 31.5 Å². The maximum absolute atomic E-state index is 5.51. The quantitative estimate of drug-likeness (QED) is 0.825. The lowest BCUT2D eigenvalue weighted by Crippen LogP contribution is -2.32. The predicted molar refractivity (Wildman–Crippen MR) is 60.3 cm³/mol. The van der Waals surface area contributed by atoms with Crippen LogP contribution in [0.3, 0.4) is 0 Å². The smallest absolute Gasteiger partial charge is 0.117 e. The van der Waals surface area contributed by atoms with Gasteiger partial charge >= 0.3 is 0 Å². The van der Waals surface area contributed by atoms with Crippen LogP contribution in [0.25, 0.3) is 0 Å². The molecule has 2 N–H and O–H groups in total. The third kappa shape index (κ3) is 2.83. The molecule has 84 valence electrons. The molecule has 0 aromatic carbocycles. The van der Waals surface area contributed by atoms with Crippen molar-refractivity contribution in [3.05, 3.63) is 23.7 Å². The zero-order valence-corrected chi connectivity index (χ0v) is 9.41. The first kappa shape index (κ1) is 10.7. The van der Waals surface area contributed by atoms with Crippen LogP contribution < -0.4 is 5.73 Å². The lowest BCUT2D eigenvalue weighted by molar-refractivity contribution is 0.185. The summed E-state index contributed by atoms with van der Waals surface area (Å²) in [5.74, 6) is 1.78. The van der Waals surface area contributed by atoms with Gasteiger partial charge in [0, 0.05) is 12.1 Å². The standard InChI is InChI=1S/C12H20N2O/c1-10-2-4-14(5-3-10)8-11-6-12(7-13)15-9-11/h6,9-10H,2-5,7-8,13H2,1H3. The fourth-order valence-corrected chi connectivity index (χ4v) is 2.09. The number of furan rings is 1. The number of rotatable bonds is 3. The van der Waals surface area contributed by atoms with Gasteiger partial charge in [0.2, 0.25) is 0 Å². The van der Waals surface area contributed by atoms with Gasteiger partial charge in [-0.15, -0.1) is 0 Å². The second-order valence-electron chi connectivity index (χ2n) is 4.58. The van der Waals surface area contributed by atoms with Crippen LogP contribution in [-0.2, 0) is 13.1 Å². The van der Waals surface area contributed by atoms with Crippen molar-refractivity contribution in [2.75, 3.05) is 13.1 Å². The zero-order chi connectivity index (χ0) is 10.7. The van der Waals surface area contributed by atoms with Crippen molar-refractivity contribution in [2.45, 2.75) is 32.9 Å². The van der Waals surface area contributed by atoms with Gasteiger partial charge in [0.15, 0.2) is 0 Å². The largest absolute Gasteiger partial charge is 0.468 e. The van der Waals surface area contributed by atoms with Crippen LogP contribution in [0.15, 0.2) is 16.7 Å². The van der Waals surface area contributed by atoms with Gasteiger partial charge in [0.05, 0.1) is 12.8 Å². The Bertz CT molecular complexity index is 300. The van der Waals surface area contributed by atoms with Crippen LogP contribution in [0.2, 0.25) is 0 Å². The molecule has 3 nitrogen and oxygen atoms in total. The van der Waals surface area contributed by atoms with E-state index in [9.17, 15) is 0 Å². The molecule has 1 aromatic rings. The van der Waals surface area contributed by atoms with E-state index in [1.807, 2.05) is 6.26 Å². The summed E-state index contributed by atoms with van der Waals surface area (Å²) >= 11 is 0. The lowest BCUT2D eigenvalue weighted by Gasteiger charge is -2.29. The minimum Gasteiger partial charge on any atom is -0.468 e. The zero-order valence-electron chi connectivity index (χ0n) is 9.41. The van der Waals surface area contributed by atoms with Crippen LogP contribution >= 0.6 is 0 Å². The predicted octanol–water partition coefficient (Wildman–Crippen LogP) is 1.97. The molecule has 0 spiro atoms. The van der Waals surface area contributed by atoms with Crippen molar-refractivity contribution in [3.8, 4) is 0 Å². The minimum absolute atomic E-state index is 0.497. The molecule has 0 atom stereocenters. The molecule has 15 heavy (non-hydrogen) atoms. The highest BCUT2D eigenvalue weighted by Crippen LogP contribution is 2.18. The Morgan fingerprint density at radius 2 is 2.20 bits per heavy atom. The van der Waals surface area contributed by atoms with Gasteiger partial charge in [0.25, 0.3) is 0 Å². The Morgan fingerprint density at radius 3 is 2.80 bits per heavy atom. The van der Waals surface area contributed by atoms with E-state index >= 15 is 0 Å². The molecule has 0 bridgehead atoms. The molecule has 1 fully saturated rings. The van der Waals surface area contributed by atoms with Crippen molar-refractivity contribution in [1.82, 2.24) is 4.90 Å². The molecule has 0 aliphatic carbocycles. The highest BCUT2D eigenvalue weighted by Gasteiger charge is 2.16. The second kappa shape index (κ2) is 4.81. The summed E-state index contributed by atoms with van der Waals surface area (Å²) in [7, 11) is 0. The Hall–Kier alpha value is -0.800. The number of piperidine rings is 1. The first-order chi connectivity index (χ1) is 7.28. The SMILES string of the molecule is CC1CCN(Cc2coc(CN)c2)CC1. The van der Waals surface area contributed by atoms with Crippen LogP contribution in [0.5, 0.6) is 0 Å². The van der Waals surface area contributed by atoms with E-state index in [0.717, 1.165) is 18.2 Å². The maximum Gasteiger partial charge on any atom is 0.117 e. The molecule has 3 heteroatoms. The number of hydrogen-bond donors (Lipinski definition) is 1. The summed E-state index contributed by atoms with van der Waals surface area (Å²) in [5.41, 5.74) is 6.76. The highest BCUT2D eigenvalue weighted by atomic mass is 16.3. The molecule has 1 aliphatic rings. The highest BCUT2D eigenvalue weighted by molar-refractivity contribution is 5.12. The Morgan fingerprint density at radius 1 is 1.47 bits per heavy atom. The average Bonchev–Trinajstić information content (AvgIpc) is 2.69. The molecular formula is C12H20N2O. The number of likely N-dealkylation sites (tertiary alicyclic amines) is 1. The Labute approximate surface area is 91.2 Å². The van der Waals surface area contributed by atoms with Gasteiger partial charge in [-0.25, -0.2) is 0 Å². The summed E-state index contributed by atoms with van der Waals surface area (Å²) < 4.78 is 5.32. The van der Waals surface area contributed by atoms with Crippen molar-refractivity contribution < 1.29 is 4.42 Å². The van der Waals surface area contributed by atoms with E-state index < -0.39 is 0 Å². The van der Waals surface area contributed by atoms with Crippen LogP contribution in [0.1, 0.15) is 31.1 Å². The van der Waals surface area contributed by atoms with Crippen LogP contribution in [-0.4, -0.2) is 18.0 Å². The third-order valence-corrected chi connectivity index (χ3v) is 3.19. The van der Waals surface area contributed by atoms with Crippen LogP contribution in [0, 0.1) is 5.92 Å². The van der Waals surface area contributed by atoms with Gasteiger partial charge in [-0.1, -0.05) is 6.92 Å². The molecule has 2 rings (SSSR count). The first-order valence-electron chi connectivity index (χ1n) is 5.76. The molecule has 1 saturated heterocycles. The maximum atomic E-state index is 5.51. The summed E-state index contributed by atoms with van der Waals surface area (Å²) in [6.45, 7) is 6.27. The third-order valence-electron chi connectivity index (χ3n) is 3.19. The Kier molecular flexibility index (Phi) is 3.44. The summed E-state index contributed by atoms with van der Waals surface area (Å²) in [5, 5.41) is 0. The first-order valence-corrected chi connectivity index (χ1v) is 5.76. The number of hydrogen-bond acceptors (Lipinski definition) is 3. The summed E-state index contributed by atoms with van der Waals surface area (Å²) in [4.78, 5) is 2.49.